The van der Waals surface area contributed by atoms with Crippen LogP contribution >= 0.6 is 22.9 Å². The molecule has 0 saturated heterocycles. The van der Waals surface area contributed by atoms with Gasteiger partial charge in [-0.25, -0.2) is 4.98 Å². The van der Waals surface area contributed by atoms with Crippen LogP contribution in [-0.2, 0) is 12.7 Å². The molecule has 0 bridgehead atoms. The summed E-state index contributed by atoms with van der Waals surface area (Å²) in [6, 6.07) is 14.0. The zero-order valence-electron chi connectivity index (χ0n) is 17.3. The summed E-state index contributed by atoms with van der Waals surface area (Å²) in [6.45, 7) is 1.56. The third kappa shape index (κ3) is 4.89. The third-order valence-corrected chi connectivity index (χ3v) is 6.16. The van der Waals surface area contributed by atoms with Gasteiger partial charge in [-0.2, -0.15) is 13.2 Å². The molecule has 10 heteroatoms. The van der Waals surface area contributed by atoms with Crippen LogP contribution in [0.25, 0.3) is 11.4 Å². The van der Waals surface area contributed by atoms with E-state index in [2.05, 4.69) is 10.3 Å². The summed E-state index contributed by atoms with van der Waals surface area (Å²) < 4.78 is 42.2. The third-order valence-electron chi connectivity index (χ3n) is 5.15. The number of carbonyl (C=O) groups excluding carboxylic acids is 1. The normalized spacial score (nSPS) is 11.5. The Kier molecular flexibility index (Phi) is 6.18. The topological polar surface area (TPSA) is 72.9 Å². The van der Waals surface area contributed by atoms with Crippen molar-refractivity contribution in [3.63, 3.8) is 0 Å². The molecule has 0 unspecified atom stereocenters. The monoisotopic (exact) mass is 490 g/mol. The molecule has 0 radical (unpaired) electrons. The summed E-state index contributed by atoms with van der Waals surface area (Å²) in [4.78, 5) is 16.5. The second kappa shape index (κ2) is 8.92. The van der Waals surface area contributed by atoms with E-state index in [1.807, 2.05) is 0 Å². The summed E-state index contributed by atoms with van der Waals surface area (Å²) in [5.41, 5.74) is 7.35. The number of carbonyl (C=O) groups is 1. The molecule has 0 atom stereocenters. The number of aromatic nitrogens is 2. The van der Waals surface area contributed by atoms with E-state index in [1.165, 1.54) is 23.5 Å². The molecule has 2 aromatic heterocycles. The predicted octanol–water partition coefficient (Wildman–Crippen LogP) is 6.48. The molecular formula is C23H18ClF3N4OS. The summed E-state index contributed by atoms with van der Waals surface area (Å²) in [5.74, 6) is -0.661. The molecule has 0 fully saturated rings. The highest BCUT2D eigenvalue weighted by molar-refractivity contribution is 7.14. The van der Waals surface area contributed by atoms with Crippen LogP contribution in [0.1, 0.15) is 27.2 Å². The van der Waals surface area contributed by atoms with Crippen molar-refractivity contribution in [3.05, 3.63) is 87.4 Å². The number of nitrogens with one attached hydrogen (secondary N) is 1. The van der Waals surface area contributed by atoms with Gasteiger partial charge in [0.25, 0.3) is 5.91 Å². The minimum absolute atomic E-state index is 0.0794. The van der Waals surface area contributed by atoms with Gasteiger partial charge >= 0.3 is 6.18 Å². The van der Waals surface area contributed by atoms with Gasteiger partial charge < -0.3 is 15.6 Å². The van der Waals surface area contributed by atoms with Gasteiger partial charge in [0, 0.05) is 28.3 Å². The first-order chi connectivity index (χ1) is 15.6. The number of primary amides is 1. The lowest BCUT2D eigenvalue weighted by Crippen LogP contribution is -2.15. The van der Waals surface area contributed by atoms with Gasteiger partial charge in [-0.05, 0) is 48.9 Å². The lowest BCUT2D eigenvalue weighted by molar-refractivity contribution is -0.138. The van der Waals surface area contributed by atoms with Gasteiger partial charge in [0.05, 0.1) is 22.5 Å². The van der Waals surface area contributed by atoms with Gasteiger partial charge in [-0.3, -0.25) is 4.79 Å². The smallest absolute Gasteiger partial charge is 0.366 e. The number of rotatable bonds is 6. The standard InChI is InChI=1S/C23H18ClF3N4OS/c1-13-17(21(28)32)10-20(31(13)11-14-4-2-3-5-18(14)23(25,26)27)19-12-33-22(30-19)29-16-8-6-15(24)7-9-16/h2-10,12H,11H2,1H3,(H2,28,32)(H,29,30). The maximum absolute atomic E-state index is 13.5. The Hall–Kier alpha value is -3.30. The average Bonchev–Trinajstić information content (AvgIpc) is 3.34. The number of anilines is 2. The van der Waals surface area contributed by atoms with Crippen LogP contribution in [0.15, 0.2) is 60.0 Å². The number of nitrogens with two attached hydrogens (primary N) is 1. The molecule has 170 valence electrons. The van der Waals surface area contributed by atoms with Crippen molar-refractivity contribution in [2.75, 3.05) is 5.32 Å². The Bertz CT molecular complexity index is 1310. The van der Waals surface area contributed by atoms with Gasteiger partial charge in [0.15, 0.2) is 5.13 Å². The fraction of sp³-hybridized carbons (Fsp3) is 0.130. The first-order valence-corrected chi connectivity index (χ1v) is 11.0. The molecule has 0 aliphatic rings. The molecule has 0 spiro atoms. The van der Waals surface area contributed by atoms with Gasteiger partial charge in [0.2, 0.25) is 0 Å². The van der Waals surface area contributed by atoms with Crippen LogP contribution in [0, 0.1) is 6.92 Å². The molecule has 33 heavy (non-hydrogen) atoms. The minimum atomic E-state index is -4.50. The highest BCUT2D eigenvalue weighted by Gasteiger charge is 2.33. The van der Waals surface area contributed by atoms with Crippen LogP contribution in [0.3, 0.4) is 0 Å². The van der Waals surface area contributed by atoms with Crippen molar-refractivity contribution in [3.8, 4) is 11.4 Å². The van der Waals surface area contributed by atoms with Crippen LogP contribution in [-0.4, -0.2) is 15.5 Å². The Morgan fingerprint density at radius 1 is 1.18 bits per heavy atom. The van der Waals surface area contributed by atoms with Crippen molar-refractivity contribution in [1.82, 2.24) is 9.55 Å². The molecule has 4 aromatic rings. The summed E-state index contributed by atoms with van der Waals surface area (Å²) >= 11 is 7.24. The first kappa shape index (κ1) is 22.9. The maximum Gasteiger partial charge on any atom is 0.416 e. The van der Waals surface area contributed by atoms with Crippen molar-refractivity contribution < 1.29 is 18.0 Å². The maximum atomic E-state index is 13.5. The van der Waals surface area contributed by atoms with E-state index in [-0.39, 0.29) is 17.7 Å². The Morgan fingerprint density at radius 3 is 2.55 bits per heavy atom. The predicted molar refractivity (Wildman–Crippen MR) is 124 cm³/mol. The van der Waals surface area contributed by atoms with E-state index < -0.39 is 17.6 Å². The Balaban J connectivity index is 1.73. The largest absolute Gasteiger partial charge is 0.416 e. The molecule has 5 nitrogen and oxygen atoms in total. The van der Waals surface area contributed by atoms with Gasteiger partial charge in [-0.1, -0.05) is 29.8 Å². The van der Waals surface area contributed by atoms with E-state index in [0.717, 1.165) is 11.8 Å². The van der Waals surface area contributed by atoms with Crippen LogP contribution in [0.4, 0.5) is 24.0 Å². The second-order valence-electron chi connectivity index (χ2n) is 7.30. The number of halogens is 4. The number of amides is 1. The van der Waals surface area contributed by atoms with Gasteiger partial charge in [0.1, 0.15) is 0 Å². The number of nitrogens with zero attached hydrogens (tertiary/aromatic N) is 2. The molecule has 0 saturated carbocycles. The fourth-order valence-corrected chi connectivity index (χ4v) is 4.37. The average molecular weight is 491 g/mol. The zero-order valence-corrected chi connectivity index (χ0v) is 18.9. The quantitative estimate of drug-likeness (QED) is 0.325. The summed E-state index contributed by atoms with van der Waals surface area (Å²) in [5, 5.41) is 6.11. The van der Waals surface area contributed by atoms with Crippen molar-refractivity contribution in [2.24, 2.45) is 5.73 Å². The van der Waals surface area contributed by atoms with E-state index in [4.69, 9.17) is 17.3 Å². The van der Waals surface area contributed by atoms with Crippen molar-refractivity contribution in [2.45, 2.75) is 19.6 Å². The molecule has 4 rings (SSSR count). The number of hydrogen-bond donors (Lipinski definition) is 2. The van der Waals surface area contributed by atoms with Gasteiger partial charge in [-0.15, -0.1) is 11.3 Å². The van der Waals surface area contributed by atoms with Crippen LogP contribution in [0.5, 0.6) is 0 Å². The molecule has 2 aromatic carbocycles. The molecule has 1 amide bonds. The number of benzene rings is 2. The first-order valence-electron chi connectivity index (χ1n) is 9.77. The van der Waals surface area contributed by atoms with E-state index in [9.17, 15) is 18.0 Å². The molecule has 0 aliphatic carbocycles. The lowest BCUT2D eigenvalue weighted by atomic mass is 10.1. The molecule has 2 heterocycles. The van der Waals surface area contributed by atoms with Crippen LogP contribution < -0.4 is 11.1 Å². The fourth-order valence-electron chi connectivity index (χ4n) is 3.52. The van der Waals surface area contributed by atoms with E-state index >= 15 is 0 Å². The van der Waals surface area contributed by atoms with E-state index in [0.29, 0.717) is 27.2 Å². The van der Waals surface area contributed by atoms with Crippen molar-refractivity contribution >= 4 is 39.7 Å². The number of alkyl halides is 3. The Labute approximate surface area is 196 Å². The lowest BCUT2D eigenvalue weighted by Gasteiger charge is -2.16. The molecule has 0 aliphatic heterocycles. The van der Waals surface area contributed by atoms with E-state index in [1.54, 1.807) is 53.3 Å². The summed E-state index contributed by atoms with van der Waals surface area (Å²) in [7, 11) is 0. The SMILES string of the molecule is Cc1c(C(N)=O)cc(-c2csc(Nc3ccc(Cl)cc3)n2)n1Cc1ccccc1C(F)(F)F. The Morgan fingerprint density at radius 2 is 1.88 bits per heavy atom. The zero-order chi connectivity index (χ0) is 23.8. The number of thiazole rings is 1. The highest BCUT2D eigenvalue weighted by atomic mass is 35.5. The molecular weight excluding hydrogens is 473 g/mol. The van der Waals surface area contributed by atoms with Crippen molar-refractivity contribution in [1.29, 1.82) is 0 Å². The number of hydrogen-bond acceptors (Lipinski definition) is 4. The minimum Gasteiger partial charge on any atom is -0.366 e. The summed E-state index contributed by atoms with van der Waals surface area (Å²) in [6.07, 6.45) is -4.50. The highest BCUT2D eigenvalue weighted by Crippen LogP contribution is 2.35. The molecule has 3 N–H and O–H groups in total. The van der Waals surface area contributed by atoms with Crippen LogP contribution in [0.2, 0.25) is 5.02 Å². The second-order valence-corrected chi connectivity index (χ2v) is 8.60.